The molecule has 124 heavy (non-hydrogen) atoms. The highest BCUT2D eigenvalue weighted by Gasteiger charge is 2.30. The maximum Gasteiger partial charge on any atom is 0.235 e. The molecule has 572 valence electrons. The van der Waals surface area contributed by atoms with E-state index in [0.717, 1.165) is 181 Å². The van der Waals surface area contributed by atoms with Crippen molar-refractivity contribution in [2.45, 2.75) is 0 Å². The molecule has 28 aromatic rings. The zero-order valence-corrected chi connectivity index (χ0v) is 67.6. The van der Waals surface area contributed by atoms with Crippen molar-refractivity contribution in [1.29, 1.82) is 0 Å². The predicted octanol–water partition coefficient (Wildman–Crippen LogP) is 30.4. The highest BCUT2D eigenvalue weighted by molar-refractivity contribution is 7.27. The first-order valence-corrected chi connectivity index (χ1v) is 43.5. The second kappa shape index (κ2) is 25.7. The van der Waals surface area contributed by atoms with Gasteiger partial charge in [0.15, 0.2) is 0 Å². The number of thiophene rings is 2. The van der Waals surface area contributed by atoms with E-state index in [0.29, 0.717) is 17.8 Å². The monoisotopic (exact) mass is 1610 g/mol. The molecule has 0 aliphatic rings. The molecule has 12 heteroatoms. The minimum Gasteiger partial charge on any atom is -0.455 e. The first-order chi connectivity index (χ1) is 61.5. The molecular weight excluding hydrogens is 1550 g/mol. The Bertz CT molecular complexity index is 9620. The average molecular weight is 1610 g/mol. The van der Waals surface area contributed by atoms with Crippen LogP contribution in [0.1, 0.15) is 0 Å². The number of benzene rings is 19. The third kappa shape index (κ3) is 9.57. The summed E-state index contributed by atoms with van der Waals surface area (Å²) in [6.45, 7) is 0. The number of hydrogen-bond donors (Lipinski definition) is 0. The van der Waals surface area contributed by atoms with Gasteiger partial charge in [0.25, 0.3) is 0 Å². The molecule has 0 N–H and O–H groups in total. The Morgan fingerprint density at radius 2 is 0.710 bits per heavy atom. The molecule has 28 rings (SSSR count). The summed E-state index contributed by atoms with van der Waals surface area (Å²) in [5.41, 5.74) is 21.1. The van der Waals surface area contributed by atoms with E-state index >= 15 is 0 Å². The van der Waals surface area contributed by atoms with Crippen molar-refractivity contribution in [3.8, 4) is 73.6 Å². The highest BCUT2D eigenvalue weighted by Crippen LogP contribution is 2.53. The van der Waals surface area contributed by atoms with Crippen LogP contribution in [-0.4, -0.2) is 43.6 Å². The zero-order chi connectivity index (χ0) is 80.7. The van der Waals surface area contributed by atoms with Gasteiger partial charge in [0.05, 0.1) is 60.0 Å². The SMILES string of the molecule is c1ccc(-c2nc(-n3c4ccccc4c4c5cc(-c6cccc(-c7cccc8nc(-n9c%10ccccc%10c%10c%11c%12ccc(-c%13cccc(-c%14cccc%15nc(-n%16c%17ccccc%17c%17c%18c%19ccccc%19sc%18c%18ccccc%18c%17%16)ncc%14%15)c%13)cc%12oc%11c%11ccccc%11c%109)ncc78)c6)ccc5c5c6ccccc6sc5c43)nc3c2ccc2ccccc23)cc1. The van der Waals surface area contributed by atoms with Crippen LogP contribution < -0.4 is 0 Å². The lowest BCUT2D eigenvalue weighted by Crippen LogP contribution is -2.04. The van der Waals surface area contributed by atoms with Crippen molar-refractivity contribution in [1.82, 2.24) is 43.6 Å². The Labute approximate surface area is 712 Å². The van der Waals surface area contributed by atoms with Gasteiger partial charge in [0.1, 0.15) is 11.2 Å². The van der Waals surface area contributed by atoms with Crippen LogP contribution in [-0.2, 0) is 0 Å². The van der Waals surface area contributed by atoms with Crippen molar-refractivity contribution in [2.24, 2.45) is 0 Å². The van der Waals surface area contributed by atoms with Crippen LogP contribution in [0.4, 0.5) is 0 Å². The van der Waals surface area contributed by atoms with Crippen molar-refractivity contribution in [3.63, 3.8) is 0 Å². The lowest BCUT2D eigenvalue weighted by atomic mass is 9.93. The smallest absolute Gasteiger partial charge is 0.235 e. The lowest BCUT2D eigenvalue weighted by molar-refractivity contribution is 0.673. The lowest BCUT2D eigenvalue weighted by Gasteiger charge is -2.14. The quantitative estimate of drug-likeness (QED) is 0.140. The van der Waals surface area contributed by atoms with Gasteiger partial charge in [-0.25, -0.2) is 29.9 Å². The van der Waals surface area contributed by atoms with E-state index in [1.807, 2.05) is 35.1 Å². The predicted molar refractivity (Wildman–Crippen MR) is 519 cm³/mol. The molecule has 0 saturated carbocycles. The van der Waals surface area contributed by atoms with Gasteiger partial charge in [0.2, 0.25) is 17.8 Å². The summed E-state index contributed by atoms with van der Waals surface area (Å²) in [5.74, 6) is 1.85. The van der Waals surface area contributed by atoms with Gasteiger partial charge in [0, 0.05) is 140 Å². The van der Waals surface area contributed by atoms with Gasteiger partial charge in [-0.15, -0.1) is 22.7 Å². The van der Waals surface area contributed by atoms with E-state index < -0.39 is 0 Å². The third-order valence-electron chi connectivity index (χ3n) is 26.1. The minimum absolute atomic E-state index is 0.585. The van der Waals surface area contributed by atoms with Crippen molar-refractivity contribution < 1.29 is 4.42 Å². The molecule has 9 aromatic heterocycles. The average Bonchev–Trinajstić information content (AvgIpc) is 1.55. The molecule has 9 heterocycles. The normalized spacial score (nSPS) is 12.4. The van der Waals surface area contributed by atoms with E-state index in [2.05, 4.69) is 372 Å². The fourth-order valence-electron chi connectivity index (χ4n) is 20.8. The maximum absolute atomic E-state index is 7.24. The fraction of sp³-hybridized carbons (Fsp3) is 0. The van der Waals surface area contributed by atoms with Gasteiger partial charge >= 0.3 is 0 Å². The summed E-state index contributed by atoms with van der Waals surface area (Å²) < 4.78 is 19.2. The van der Waals surface area contributed by atoms with Crippen molar-refractivity contribution in [2.75, 3.05) is 0 Å². The summed E-state index contributed by atoms with van der Waals surface area (Å²) in [5, 5.41) is 26.0. The Balaban J connectivity index is 0.548. The summed E-state index contributed by atoms with van der Waals surface area (Å²) in [6.07, 6.45) is 4.04. The molecule has 0 bridgehead atoms. The molecular formula is C112H61N9OS2. The molecule has 0 spiro atoms. The van der Waals surface area contributed by atoms with Crippen molar-refractivity contribution >= 4 is 226 Å². The number of furan rings is 1. The minimum atomic E-state index is 0.585. The second-order valence-electron chi connectivity index (χ2n) is 32.6. The molecule has 0 atom stereocenters. The number of para-hydroxylation sites is 3. The van der Waals surface area contributed by atoms with Crippen LogP contribution in [0.25, 0.3) is 277 Å². The Morgan fingerprint density at radius 1 is 0.242 bits per heavy atom. The van der Waals surface area contributed by atoms with Crippen LogP contribution in [0.5, 0.6) is 0 Å². The Hall–Kier alpha value is -16.1. The van der Waals surface area contributed by atoms with Gasteiger partial charge in [-0.1, -0.05) is 279 Å². The van der Waals surface area contributed by atoms with Crippen molar-refractivity contribution in [3.05, 3.63) is 370 Å². The molecule has 0 amide bonds. The summed E-state index contributed by atoms with van der Waals surface area (Å²) in [4.78, 5) is 33.1. The summed E-state index contributed by atoms with van der Waals surface area (Å²) >= 11 is 3.72. The van der Waals surface area contributed by atoms with Gasteiger partial charge < -0.3 is 4.42 Å². The zero-order valence-electron chi connectivity index (χ0n) is 66.0. The molecule has 0 fully saturated rings. The third-order valence-corrected chi connectivity index (χ3v) is 28.5. The van der Waals surface area contributed by atoms with E-state index in [4.69, 9.17) is 34.3 Å². The first-order valence-electron chi connectivity index (χ1n) is 41.9. The molecule has 19 aromatic carbocycles. The van der Waals surface area contributed by atoms with Gasteiger partial charge in [-0.3, -0.25) is 13.7 Å². The molecule has 10 nitrogen and oxygen atoms in total. The second-order valence-corrected chi connectivity index (χ2v) is 34.7. The van der Waals surface area contributed by atoms with E-state index in [-0.39, 0.29) is 0 Å². The van der Waals surface area contributed by atoms with Crippen LogP contribution >= 0.6 is 22.7 Å². The van der Waals surface area contributed by atoms with Gasteiger partial charge in [-0.2, -0.15) is 0 Å². The topological polar surface area (TPSA) is 105 Å². The molecule has 0 saturated heterocycles. The molecule has 0 unspecified atom stereocenters. The number of hydrogen-bond acceptors (Lipinski definition) is 9. The van der Waals surface area contributed by atoms with E-state index in [9.17, 15) is 0 Å². The summed E-state index contributed by atoms with van der Waals surface area (Å²) in [7, 11) is 0. The molecule has 0 radical (unpaired) electrons. The van der Waals surface area contributed by atoms with Crippen LogP contribution in [0.15, 0.2) is 375 Å². The van der Waals surface area contributed by atoms with Gasteiger partial charge in [-0.05, 0) is 140 Å². The number of nitrogens with zero attached hydrogens (tertiary/aromatic N) is 9. The first kappa shape index (κ1) is 67.7. The van der Waals surface area contributed by atoms with Crippen LogP contribution in [0.2, 0.25) is 0 Å². The Kier molecular flexibility index (Phi) is 14.0. The summed E-state index contributed by atoms with van der Waals surface area (Å²) in [6, 6.07) is 129. The molecule has 0 aliphatic heterocycles. The number of aromatic nitrogens is 9. The van der Waals surface area contributed by atoms with Crippen LogP contribution in [0, 0.1) is 0 Å². The van der Waals surface area contributed by atoms with E-state index in [1.54, 1.807) is 0 Å². The largest absolute Gasteiger partial charge is 0.455 e. The number of rotatable bonds is 8. The van der Waals surface area contributed by atoms with E-state index in [1.165, 1.54) is 78.0 Å². The fourth-order valence-corrected chi connectivity index (χ4v) is 23.3. The number of fused-ring (bicyclic) bond motifs is 35. The standard InChI is InChI=1S/C112H61N9OS2/c1-2-25-63(26-3-1)102-84-55-50-62-24-4-5-31-72(62)103(84)118-112(117-102)121-90-45-15-10-36-78(90)96-85-58-66(51-53-73(85)97-82-39-13-18-48-94(82)124-109(97)106(96)121)64-27-20-29-68(56-64)70-41-22-43-88-86(70)60-113-110(115-88)119-91-46-16-11-37-79(91)98-100-81-54-52-67(59-93(81)122-107(100)76-34-8-6-32-74(76)104(98)119)65-28-21-30-69(57-65)71-42-23-44-89-87(71)61-114-111(116-89)120-92-47-17-12-38-80(92)99-101-83-40-14-19-49-95(83)123-108(101)77-35-9-7-33-75(77)105(99)120/h1-61H. The highest BCUT2D eigenvalue weighted by atomic mass is 32.1. The Morgan fingerprint density at radius 3 is 1.35 bits per heavy atom. The van der Waals surface area contributed by atoms with Crippen LogP contribution in [0.3, 0.4) is 0 Å². The maximum atomic E-state index is 7.24. The molecule has 0 aliphatic carbocycles.